The number of hydrogen-bond donors (Lipinski definition) is 0. The van der Waals surface area contributed by atoms with Gasteiger partial charge in [0.05, 0.1) is 24.7 Å². The summed E-state index contributed by atoms with van der Waals surface area (Å²) >= 11 is 5.86. The smallest absolute Gasteiger partial charge is 0.154 e. The first kappa shape index (κ1) is 15.8. The molecule has 0 aromatic heterocycles. The van der Waals surface area contributed by atoms with E-state index in [-0.39, 0.29) is 11.5 Å². The maximum absolute atomic E-state index is 12.0. The molecule has 0 bridgehead atoms. The number of unbranched alkanes of at least 4 members (excludes halogenated alkanes) is 2. The van der Waals surface area contributed by atoms with E-state index in [1.807, 2.05) is 6.07 Å². The topological polar surface area (TPSA) is 67.2 Å². The summed E-state index contributed by atoms with van der Waals surface area (Å²) in [6.45, 7) is 0. The number of ether oxygens (including phenoxy) is 1. The number of rotatable bonds is 7. The van der Waals surface area contributed by atoms with Crippen LogP contribution in [0.3, 0.4) is 0 Å². The first-order chi connectivity index (χ1) is 8.98. The highest BCUT2D eigenvalue weighted by Crippen LogP contribution is 2.25. The number of methoxy groups -OCH3 is 1. The summed E-state index contributed by atoms with van der Waals surface area (Å²) in [6.07, 6.45) is 1.48. The van der Waals surface area contributed by atoms with E-state index in [1.54, 1.807) is 18.2 Å². The van der Waals surface area contributed by atoms with E-state index >= 15 is 0 Å². The SMILES string of the molecule is COc1ccc(Cl)cc1CS(=O)(=O)CCCCC#N. The number of sulfone groups is 1. The summed E-state index contributed by atoms with van der Waals surface area (Å²) in [5.74, 6) is 0.498. The van der Waals surface area contributed by atoms with E-state index in [1.165, 1.54) is 7.11 Å². The van der Waals surface area contributed by atoms with Crippen LogP contribution in [0.1, 0.15) is 24.8 Å². The normalized spacial score (nSPS) is 11.0. The van der Waals surface area contributed by atoms with Gasteiger partial charge >= 0.3 is 0 Å². The molecule has 0 atom stereocenters. The minimum absolute atomic E-state index is 0.0738. The predicted molar refractivity (Wildman–Crippen MR) is 75.0 cm³/mol. The lowest BCUT2D eigenvalue weighted by atomic mass is 10.2. The second-order valence-electron chi connectivity index (χ2n) is 4.16. The van der Waals surface area contributed by atoms with Gasteiger partial charge in [-0.15, -0.1) is 0 Å². The van der Waals surface area contributed by atoms with Crippen molar-refractivity contribution in [2.24, 2.45) is 0 Å². The van der Waals surface area contributed by atoms with Crippen LogP contribution in [0.4, 0.5) is 0 Å². The zero-order chi connectivity index (χ0) is 14.3. The Morgan fingerprint density at radius 2 is 2.11 bits per heavy atom. The van der Waals surface area contributed by atoms with Gasteiger partial charge in [0.15, 0.2) is 9.84 Å². The van der Waals surface area contributed by atoms with Crippen molar-refractivity contribution >= 4 is 21.4 Å². The number of nitriles is 1. The molecule has 0 spiro atoms. The third kappa shape index (κ3) is 5.50. The zero-order valence-electron chi connectivity index (χ0n) is 10.7. The Morgan fingerprint density at radius 3 is 2.74 bits per heavy atom. The minimum Gasteiger partial charge on any atom is -0.496 e. The number of halogens is 1. The molecule has 0 N–H and O–H groups in total. The van der Waals surface area contributed by atoms with Crippen molar-refractivity contribution < 1.29 is 13.2 Å². The van der Waals surface area contributed by atoms with Crippen molar-refractivity contribution in [2.45, 2.75) is 25.0 Å². The Morgan fingerprint density at radius 1 is 1.37 bits per heavy atom. The van der Waals surface area contributed by atoms with Crippen LogP contribution in [-0.4, -0.2) is 21.3 Å². The second-order valence-corrected chi connectivity index (χ2v) is 6.78. The molecule has 6 heteroatoms. The molecule has 0 aliphatic rings. The van der Waals surface area contributed by atoms with Crippen LogP contribution in [0.15, 0.2) is 18.2 Å². The zero-order valence-corrected chi connectivity index (χ0v) is 12.3. The standard InChI is InChI=1S/C13H16ClNO3S/c1-18-13-6-5-12(14)9-11(13)10-19(16,17)8-4-2-3-7-15/h5-6,9H,2-4,8,10H2,1H3. The van der Waals surface area contributed by atoms with Crippen LogP contribution in [0.25, 0.3) is 0 Å². The van der Waals surface area contributed by atoms with Gasteiger partial charge in [-0.05, 0) is 31.0 Å². The molecule has 0 heterocycles. The van der Waals surface area contributed by atoms with E-state index in [9.17, 15) is 8.42 Å². The van der Waals surface area contributed by atoms with Crippen LogP contribution in [0.2, 0.25) is 5.02 Å². The molecular formula is C13H16ClNO3S. The maximum Gasteiger partial charge on any atom is 0.154 e. The summed E-state index contributed by atoms with van der Waals surface area (Å²) in [6, 6.07) is 6.91. The highest BCUT2D eigenvalue weighted by Gasteiger charge is 2.15. The molecule has 1 aromatic rings. The molecule has 0 amide bonds. The van der Waals surface area contributed by atoms with Crippen molar-refractivity contribution in [3.63, 3.8) is 0 Å². The monoisotopic (exact) mass is 301 g/mol. The molecular weight excluding hydrogens is 286 g/mol. The molecule has 0 saturated heterocycles. The molecule has 0 unspecified atom stereocenters. The Kier molecular flexibility index (Phi) is 6.13. The second kappa shape index (κ2) is 7.37. The van der Waals surface area contributed by atoms with E-state index in [4.69, 9.17) is 21.6 Å². The highest BCUT2D eigenvalue weighted by atomic mass is 35.5. The van der Waals surface area contributed by atoms with Gasteiger partial charge in [-0.3, -0.25) is 0 Å². The van der Waals surface area contributed by atoms with Crippen LogP contribution in [-0.2, 0) is 15.6 Å². The van der Waals surface area contributed by atoms with Crippen molar-refractivity contribution in [1.82, 2.24) is 0 Å². The summed E-state index contributed by atoms with van der Waals surface area (Å²) in [5.41, 5.74) is 0.565. The van der Waals surface area contributed by atoms with Gasteiger partial charge in [-0.2, -0.15) is 5.26 Å². The van der Waals surface area contributed by atoms with Crippen LogP contribution < -0.4 is 4.74 Å². The molecule has 0 aliphatic carbocycles. The first-order valence-electron chi connectivity index (χ1n) is 5.88. The number of nitrogens with zero attached hydrogens (tertiary/aromatic N) is 1. The number of benzene rings is 1. The molecule has 1 aromatic carbocycles. The van der Waals surface area contributed by atoms with Gasteiger partial charge in [-0.25, -0.2) is 8.42 Å². The fraction of sp³-hybridized carbons (Fsp3) is 0.462. The van der Waals surface area contributed by atoms with Gasteiger partial charge in [0.25, 0.3) is 0 Å². The summed E-state index contributed by atoms with van der Waals surface area (Å²) in [5, 5.41) is 8.88. The maximum atomic E-state index is 12.0. The molecule has 0 fully saturated rings. The summed E-state index contributed by atoms with van der Waals surface area (Å²) < 4.78 is 29.0. The number of hydrogen-bond acceptors (Lipinski definition) is 4. The van der Waals surface area contributed by atoms with E-state index in [0.29, 0.717) is 35.6 Å². The van der Waals surface area contributed by atoms with Gasteiger partial charge in [0, 0.05) is 17.0 Å². The minimum atomic E-state index is -3.21. The predicted octanol–water partition coefficient (Wildman–Crippen LogP) is 2.96. The summed E-state index contributed by atoms with van der Waals surface area (Å²) in [4.78, 5) is 0. The Labute approximate surface area is 118 Å². The van der Waals surface area contributed by atoms with E-state index in [2.05, 4.69) is 0 Å². The molecule has 0 radical (unpaired) electrons. The molecule has 0 saturated carbocycles. The van der Waals surface area contributed by atoms with Gasteiger partial charge in [-0.1, -0.05) is 11.6 Å². The lowest BCUT2D eigenvalue weighted by Gasteiger charge is -2.09. The molecule has 0 aliphatic heterocycles. The lowest BCUT2D eigenvalue weighted by Crippen LogP contribution is -2.10. The van der Waals surface area contributed by atoms with Gasteiger partial charge in [0.1, 0.15) is 5.75 Å². The molecule has 104 valence electrons. The van der Waals surface area contributed by atoms with Crippen molar-refractivity contribution in [2.75, 3.05) is 12.9 Å². The molecule has 4 nitrogen and oxygen atoms in total. The highest BCUT2D eigenvalue weighted by molar-refractivity contribution is 7.90. The third-order valence-electron chi connectivity index (χ3n) is 2.61. The Bertz CT molecular complexity index is 564. The largest absolute Gasteiger partial charge is 0.496 e. The quantitative estimate of drug-likeness (QED) is 0.726. The van der Waals surface area contributed by atoms with E-state index in [0.717, 1.165) is 0 Å². The lowest BCUT2D eigenvalue weighted by molar-refractivity contribution is 0.411. The van der Waals surface area contributed by atoms with Crippen LogP contribution in [0, 0.1) is 11.3 Å². The fourth-order valence-corrected chi connectivity index (χ4v) is 3.38. The van der Waals surface area contributed by atoms with Crippen molar-refractivity contribution in [3.8, 4) is 11.8 Å². The molecule has 1 rings (SSSR count). The Hall–Kier alpha value is -1.25. The van der Waals surface area contributed by atoms with Gasteiger partial charge < -0.3 is 4.74 Å². The Balaban J connectivity index is 2.72. The third-order valence-corrected chi connectivity index (χ3v) is 4.51. The van der Waals surface area contributed by atoms with Crippen LogP contribution in [0.5, 0.6) is 5.75 Å². The van der Waals surface area contributed by atoms with E-state index < -0.39 is 9.84 Å². The molecule has 19 heavy (non-hydrogen) atoms. The first-order valence-corrected chi connectivity index (χ1v) is 8.08. The van der Waals surface area contributed by atoms with Crippen molar-refractivity contribution in [3.05, 3.63) is 28.8 Å². The average Bonchev–Trinajstić information content (AvgIpc) is 2.34. The van der Waals surface area contributed by atoms with Crippen molar-refractivity contribution in [1.29, 1.82) is 5.26 Å². The fourth-order valence-electron chi connectivity index (χ4n) is 1.70. The summed E-state index contributed by atoms with van der Waals surface area (Å²) in [7, 11) is -1.72. The average molecular weight is 302 g/mol. The van der Waals surface area contributed by atoms with Gasteiger partial charge in [0.2, 0.25) is 0 Å². The van der Waals surface area contributed by atoms with Crippen LogP contribution >= 0.6 is 11.6 Å².